The van der Waals surface area contributed by atoms with Gasteiger partial charge in [0.15, 0.2) is 0 Å². The van der Waals surface area contributed by atoms with Gasteiger partial charge in [-0.1, -0.05) is 0 Å². The molecule has 0 aromatic heterocycles. The van der Waals surface area contributed by atoms with Crippen LogP contribution in [0.25, 0.3) is 34.4 Å². The molecule has 0 saturated heterocycles. The van der Waals surface area contributed by atoms with Gasteiger partial charge in [0.1, 0.15) is 0 Å². The Hall–Kier alpha value is -1.09. The molecule has 0 amide bonds. The van der Waals surface area contributed by atoms with Crippen LogP contribution in [0.3, 0.4) is 0 Å². The summed E-state index contributed by atoms with van der Waals surface area (Å²) in [5, 5.41) is 6.24. The molecule has 8 heteroatoms. The van der Waals surface area contributed by atoms with E-state index in [9.17, 15) is 0 Å². The van der Waals surface area contributed by atoms with Crippen molar-refractivity contribution in [1.29, 1.82) is 0 Å². The van der Waals surface area contributed by atoms with Crippen LogP contribution in [-0.2, 0) is 15.6 Å². The monoisotopic (exact) mass is 1030 g/mol. The van der Waals surface area contributed by atoms with Crippen molar-refractivity contribution < 1.29 is 15.6 Å². The molecule has 0 bridgehead atoms. The zero-order valence-electron chi connectivity index (χ0n) is 42.5. The Morgan fingerprint density at radius 2 is 0.790 bits per heavy atom. The minimum atomic E-state index is -5.08. The van der Waals surface area contributed by atoms with E-state index >= 15 is 0 Å². The van der Waals surface area contributed by atoms with E-state index in [4.69, 9.17) is 17.0 Å². The number of hydrogen-bond acceptors (Lipinski definition) is 0. The summed E-state index contributed by atoms with van der Waals surface area (Å²) in [6, 6.07) is 25.2. The molecule has 2 aliphatic rings. The fourth-order valence-electron chi connectivity index (χ4n) is 10.7. The van der Waals surface area contributed by atoms with Gasteiger partial charge in [0, 0.05) is 0 Å². The fourth-order valence-corrected chi connectivity index (χ4v) is 47.1. The Labute approximate surface area is 392 Å². The Kier molecular flexibility index (Phi) is 14.0. The van der Waals surface area contributed by atoms with E-state index < -0.39 is 53.8 Å². The van der Waals surface area contributed by atoms with E-state index in [0.29, 0.717) is 11.8 Å². The first kappa shape index (κ1) is 50.3. The third kappa shape index (κ3) is 9.41. The second kappa shape index (κ2) is 17.2. The molecule has 4 aromatic rings. The zero-order valence-corrected chi connectivity index (χ0v) is 51.6. The Morgan fingerprint density at radius 3 is 1.03 bits per heavy atom. The molecule has 0 radical (unpaired) electrons. The topological polar surface area (TPSA) is 0 Å². The molecule has 0 N–H and O–H groups in total. The molecular weight excluding hydrogens is 951 g/mol. The van der Waals surface area contributed by atoms with Crippen molar-refractivity contribution in [1.82, 2.24) is 0 Å². The first-order valence-corrected chi connectivity index (χ1v) is 54.1. The van der Waals surface area contributed by atoms with Crippen LogP contribution in [0.15, 0.2) is 71.8 Å². The number of rotatable bonds is 13. The van der Waals surface area contributed by atoms with Crippen molar-refractivity contribution in [3.8, 4) is 22.3 Å². The molecule has 6 rings (SSSR count). The van der Waals surface area contributed by atoms with Crippen molar-refractivity contribution in [3.05, 3.63) is 105 Å². The van der Waals surface area contributed by atoms with Crippen molar-refractivity contribution in [3.63, 3.8) is 0 Å². The van der Waals surface area contributed by atoms with Gasteiger partial charge in [-0.3, -0.25) is 0 Å². The van der Waals surface area contributed by atoms with Gasteiger partial charge in [0.05, 0.1) is 0 Å². The number of fused-ring (bicyclic) bond motifs is 2. The quantitative estimate of drug-likeness (QED) is 0.117. The third-order valence-electron chi connectivity index (χ3n) is 14.4. The average molecular weight is 1030 g/mol. The van der Waals surface area contributed by atoms with Gasteiger partial charge in [-0.2, -0.15) is 0 Å². The molecule has 2 unspecified atom stereocenters. The van der Waals surface area contributed by atoms with E-state index in [-0.39, 0.29) is 7.25 Å². The van der Waals surface area contributed by atoms with Crippen LogP contribution in [0.4, 0.5) is 0 Å². The molecular formula is C54H81Cl2Si5Zr. The summed E-state index contributed by atoms with van der Waals surface area (Å²) in [6.07, 6.45) is 7.27. The molecule has 0 nitrogen and oxygen atoms in total. The summed E-state index contributed by atoms with van der Waals surface area (Å²) in [6.45, 7) is 49.3. The van der Waals surface area contributed by atoms with Gasteiger partial charge in [-0.25, -0.2) is 0 Å². The molecule has 335 valence electrons. The number of allylic oxidation sites excluding steroid dienone is 2. The summed E-state index contributed by atoms with van der Waals surface area (Å²) >= 11 is -5.08. The zero-order chi connectivity index (χ0) is 46.5. The van der Waals surface area contributed by atoms with Crippen molar-refractivity contribution >= 4 is 88.1 Å². The molecule has 0 spiro atoms. The average Bonchev–Trinajstić information content (AvgIpc) is 3.67. The standard InChI is InChI=1S/2C26H37Si2.C2H7Si.2ClH.Zr/c2*1-18(2)12-20-13-21-11-10-19(3)26(25(21)14-20)22-15-23(27(4,5)6)17-24(16-22)28(7,8)9;1-3-2;;;/h2*10-11,13-18H,12H2,1-9H3;3H,1-2H3;2*1H;/q;;;;;+2/p-2. The van der Waals surface area contributed by atoms with Gasteiger partial charge >= 0.3 is 396 Å². The molecule has 0 aliphatic heterocycles. The number of benzene rings is 4. The molecule has 0 heterocycles. The van der Waals surface area contributed by atoms with Crippen LogP contribution >= 0.6 is 17.0 Å². The molecule has 2 aliphatic carbocycles. The number of aryl methyl sites for hydroxylation is 2. The first-order valence-electron chi connectivity index (χ1n) is 23.8. The van der Waals surface area contributed by atoms with Gasteiger partial charge in [0.2, 0.25) is 0 Å². The predicted octanol–water partition coefficient (Wildman–Crippen LogP) is 15.5. The van der Waals surface area contributed by atoms with Gasteiger partial charge in [0.25, 0.3) is 0 Å². The summed E-state index contributed by atoms with van der Waals surface area (Å²) in [4.78, 5) is 0. The fraction of sp³-hybridized carbons (Fsp3) is 0.481. The van der Waals surface area contributed by atoms with Gasteiger partial charge in [-0.05, 0) is 0 Å². The summed E-state index contributed by atoms with van der Waals surface area (Å²) in [5.41, 5.74) is 16.9. The summed E-state index contributed by atoms with van der Waals surface area (Å²) < 4.78 is 0.148. The normalized spacial score (nSPS) is 18.0. The van der Waals surface area contributed by atoms with Crippen LogP contribution in [-0.4, -0.2) is 38.2 Å². The number of halogens is 2. The van der Waals surface area contributed by atoms with Gasteiger partial charge in [-0.15, -0.1) is 0 Å². The molecule has 62 heavy (non-hydrogen) atoms. The van der Waals surface area contributed by atoms with E-state index in [0.717, 1.165) is 12.8 Å². The van der Waals surface area contributed by atoms with E-state index in [1.54, 1.807) is 20.7 Å². The van der Waals surface area contributed by atoms with E-state index in [1.807, 2.05) is 0 Å². The van der Waals surface area contributed by atoms with Gasteiger partial charge < -0.3 is 0 Å². The first-order chi connectivity index (χ1) is 28.2. The van der Waals surface area contributed by atoms with Crippen LogP contribution in [0.1, 0.15) is 81.2 Å². The number of hydrogen-bond donors (Lipinski definition) is 0. The van der Waals surface area contributed by atoms with Crippen LogP contribution in [0, 0.1) is 25.7 Å². The van der Waals surface area contributed by atoms with E-state index in [2.05, 4.69) is 206 Å². The molecule has 0 saturated carbocycles. The SMILES string of the molecule is Cc1ccc2c(c1-c1cc([Si](C)(C)C)cc([Si](C)(C)C)c1)C=C(CC(C)C)[CH]2[Zr]([Cl])([Cl])([CH]1C(CC(C)C)=Cc2c1ccc(C)c2-c1cc([Si](C)(C)C)cc([Si](C)(C)C)c1)[SiH](C)C. The van der Waals surface area contributed by atoms with Crippen LogP contribution in [0.5, 0.6) is 0 Å². The molecule has 0 fully saturated rings. The van der Waals surface area contributed by atoms with E-state index in [1.165, 1.54) is 66.8 Å². The molecule has 4 aromatic carbocycles. The van der Waals surface area contributed by atoms with Crippen molar-refractivity contribution in [2.75, 3.05) is 0 Å². The Balaban J connectivity index is 1.68. The van der Waals surface area contributed by atoms with Crippen molar-refractivity contribution in [2.24, 2.45) is 11.8 Å². The third-order valence-corrected chi connectivity index (χ3v) is 74.3. The maximum absolute atomic E-state index is 9.15. The van der Waals surface area contributed by atoms with Crippen LogP contribution in [0.2, 0.25) is 91.7 Å². The summed E-state index contributed by atoms with van der Waals surface area (Å²) in [7, 11) is 11.9. The Morgan fingerprint density at radius 1 is 0.500 bits per heavy atom. The Bertz CT molecular complexity index is 2230. The minimum absolute atomic E-state index is 0.0739. The second-order valence-electron chi connectivity index (χ2n) is 25.0. The summed E-state index contributed by atoms with van der Waals surface area (Å²) in [5.74, 6) is -0.767. The van der Waals surface area contributed by atoms with Crippen molar-refractivity contribution in [2.45, 2.75) is 153 Å². The molecule has 2 atom stereocenters. The second-order valence-corrected chi connectivity index (χ2v) is 87.8. The predicted molar refractivity (Wildman–Crippen MR) is 296 cm³/mol. The maximum atomic E-state index is 9.15. The van der Waals surface area contributed by atoms with Crippen LogP contribution < -0.4 is 20.7 Å².